The average Bonchev–Trinajstić information content (AvgIpc) is 2.70. The van der Waals surface area contributed by atoms with Gasteiger partial charge >= 0.3 is 171 Å². The Bertz CT molecular complexity index is 1530. The van der Waals surface area contributed by atoms with E-state index in [1.807, 2.05) is 0 Å². The van der Waals surface area contributed by atoms with E-state index < -0.39 is 0 Å². The molecule has 6 rings (SSSR count). The van der Waals surface area contributed by atoms with Gasteiger partial charge < -0.3 is 0 Å². The Labute approximate surface area is 170 Å². The van der Waals surface area contributed by atoms with Gasteiger partial charge in [0.1, 0.15) is 0 Å². The Morgan fingerprint density at radius 2 is 0.889 bits per heavy atom. The van der Waals surface area contributed by atoms with Crippen molar-refractivity contribution < 1.29 is 0 Å². The number of rotatable bonds is 0. The Morgan fingerprint density at radius 3 is 1.63 bits per heavy atom. The number of hydrogen-bond acceptors (Lipinski definition) is 0. The summed E-state index contributed by atoms with van der Waals surface area (Å²) in [5, 5.41) is 13.3. The van der Waals surface area contributed by atoms with Gasteiger partial charge in [0.05, 0.1) is 0 Å². The summed E-state index contributed by atoms with van der Waals surface area (Å²) in [5.41, 5.74) is 0. The molecule has 0 spiro atoms. The third kappa shape index (κ3) is 2.36. The summed E-state index contributed by atoms with van der Waals surface area (Å²) in [5.74, 6) is 0. The van der Waals surface area contributed by atoms with Crippen LogP contribution in [0.2, 0.25) is 0 Å². The van der Waals surface area contributed by atoms with E-state index in [9.17, 15) is 0 Å². The summed E-state index contributed by atoms with van der Waals surface area (Å²) < 4.78 is 1.42. The van der Waals surface area contributed by atoms with Gasteiger partial charge in [-0.05, 0) is 0 Å². The molecule has 0 aromatic heterocycles. The average molecular weight is 446 g/mol. The zero-order chi connectivity index (χ0) is 18.0. The van der Waals surface area contributed by atoms with Crippen molar-refractivity contribution in [3.05, 3.63) is 91.0 Å². The van der Waals surface area contributed by atoms with Crippen LogP contribution < -0.4 is 3.58 Å². The van der Waals surface area contributed by atoms with Crippen LogP contribution in [0.4, 0.5) is 0 Å². The van der Waals surface area contributed by atoms with Crippen molar-refractivity contribution in [3.8, 4) is 0 Å². The van der Waals surface area contributed by atoms with Gasteiger partial charge in [-0.15, -0.1) is 0 Å². The van der Waals surface area contributed by atoms with Gasteiger partial charge in [-0.2, -0.15) is 0 Å². The van der Waals surface area contributed by atoms with Gasteiger partial charge in [-0.3, -0.25) is 0 Å². The Kier molecular flexibility index (Phi) is 3.27. The van der Waals surface area contributed by atoms with Crippen LogP contribution in [0.5, 0.6) is 0 Å². The van der Waals surface area contributed by atoms with Gasteiger partial charge in [0.25, 0.3) is 0 Å². The molecule has 0 bridgehead atoms. The molecular formula is C26H15Sn. The fourth-order valence-corrected chi connectivity index (χ4v) is 5.17. The van der Waals surface area contributed by atoms with Crippen molar-refractivity contribution in [1.82, 2.24) is 0 Å². The summed E-state index contributed by atoms with van der Waals surface area (Å²) in [6, 6.07) is 33.8. The maximum absolute atomic E-state index is 2.39. The predicted octanol–water partition coefficient (Wildman–Crippen LogP) is 6.25. The molecule has 0 N–H and O–H groups in total. The van der Waals surface area contributed by atoms with Crippen molar-refractivity contribution >= 4 is 80.0 Å². The first-order chi connectivity index (χ1) is 13.3. The molecule has 0 aliphatic heterocycles. The van der Waals surface area contributed by atoms with Crippen LogP contribution in [0.1, 0.15) is 0 Å². The molecule has 0 unspecified atom stereocenters. The van der Waals surface area contributed by atoms with Crippen LogP contribution in [-0.4, -0.2) is 22.5 Å². The van der Waals surface area contributed by atoms with E-state index in [1.165, 1.54) is 80.0 Å². The van der Waals surface area contributed by atoms with Crippen LogP contribution in [0.25, 0.3) is 53.9 Å². The topological polar surface area (TPSA) is 0 Å². The molecule has 0 saturated carbocycles. The van der Waals surface area contributed by atoms with Gasteiger partial charge in [0.15, 0.2) is 0 Å². The molecule has 1 heteroatoms. The summed E-state index contributed by atoms with van der Waals surface area (Å²) in [6.45, 7) is 0. The predicted molar refractivity (Wildman–Crippen MR) is 119 cm³/mol. The maximum atomic E-state index is 2.39. The zero-order valence-electron chi connectivity index (χ0n) is 14.7. The third-order valence-electron chi connectivity index (χ3n) is 5.66. The standard InChI is InChI=1S/C26H15.Sn/c1-2-7-19-13-24-16-26-22(14-23(24)12-18(19)6-1)10-9-21-11-17-5-3-4-8-20(17)15-25(21)26;/h1-7,9-16H;. The molecule has 0 aliphatic rings. The van der Waals surface area contributed by atoms with E-state index in [4.69, 9.17) is 0 Å². The molecule has 3 radical (unpaired) electrons. The van der Waals surface area contributed by atoms with Gasteiger partial charge in [-0.25, -0.2) is 0 Å². The van der Waals surface area contributed by atoms with E-state index in [2.05, 4.69) is 91.0 Å². The number of benzene rings is 6. The third-order valence-corrected chi connectivity index (χ3v) is 6.90. The van der Waals surface area contributed by atoms with Crippen LogP contribution in [-0.2, 0) is 0 Å². The van der Waals surface area contributed by atoms with E-state index >= 15 is 0 Å². The van der Waals surface area contributed by atoms with Crippen molar-refractivity contribution in [1.29, 1.82) is 0 Å². The zero-order valence-corrected chi connectivity index (χ0v) is 17.5. The van der Waals surface area contributed by atoms with Crippen LogP contribution in [0, 0.1) is 0 Å². The molecule has 0 aliphatic carbocycles. The van der Waals surface area contributed by atoms with E-state index in [1.54, 1.807) is 0 Å². The first-order valence-electron chi connectivity index (χ1n) is 9.20. The second-order valence-electron chi connectivity index (χ2n) is 7.29. The Hall–Kier alpha value is -2.58. The minimum absolute atomic E-state index is 1.30. The first-order valence-corrected chi connectivity index (χ1v) is 10.6. The monoisotopic (exact) mass is 447 g/mol. The summed E-state index contributed by atoms with van der Waals surface area (Å²) in [7, 11) is 0. The summed E-state index contributed by atoms with van der Waals surface area (Å²) >= 11 is 1.47. The van der Waals surface area contributed by atoms with Crippen molar-refractivity contribution in [3.63, 3.8) is 0 Å². The second-order valence-corrected chi connectivity index (χ2v) is 8.82. The van der Waals surface area contributed by atoms with E-state index in [0.29, 0.717) is 0 Å². The Balaban J connectivity index is 1.78. The molecular weight excluding hydrogens is 431 g/mol. The fraction of sp³-hybridized carbons (Fsp3) is 0. The second kappa shape index (κ2) is 5.71. The molecule has 0 nitrogen and oxygen atoms in total. The number of fused-ring (bicyclic) bond motifs is 6. The normalized spacial score (nSPS) is 11.9. The summed E-state index contributed by atoms with van der Waals surface area (Å²) in [4.78, 5) is 0. The molecule has 27 heavy (non-hydrogen) atoms. The van der Waals surface area contributed by atoms with Crippen molar-refractivity contribution in [2.45, 2.75) is 0 Å². The molecule has 0 atom stereocenters. The SMILES string of the molecule is [Sn][c]1cccc2cc3ccc4cc5cc6ccccc6cc5cc4c3cc12. The van der Waals surface area contributed by atoms with Crippen molar-refractivity contribution in [2.75, 3.05) is 0 Å². The van der Waals surface area contributed by atoms with Crippen LogP contribution in [0.3, 0.4) is 0 Å². The molecule has 0 fully saturated rings. The first kappa shape index (κ1) is 15.5. The minimum atomic E-state index is 1.30. The van der Waals surface area contributed by atoms with E-state index in [0.717, 1.165) is 0 Å². The molecule has 6 aromatic rings. The molecule has 0 saturated heterocycles. The fourth-order valence-electron chi connectivity index (χ4n) is 4.27. The van der Waals surface area contributed by atoms with E-state index in [-0.39, 0.29) is 0 Å². The molecule has 123 valence electrons. The van der Waals surface area contributed by atoms with Gasteiger partial charge in [0, 0.05) is 0 Å². The van der Waals surface area contributed by atoms with Gasteiger partial charge in [-0.1, -0.05) is 0 Å². The van der Waals surface area contributed by atoms with Gasteiger partial charge in [0.2, 0.25) is 0 Å². The summed E-state index contributed by atoms with van der Waals surface area (Å²) in [6.07, 6.45) is 0. The molecule has 0 amide bonds. The number of hydrogen-bond donors (Lipinski definition) is 0. The molecule has 0 heterocycles. The molecule has 6 aromatic carbocycles. The Morgan fingerprint density at radius 1 is 0.370 bits per heavy atom. The van der Waals surface area contributed by atoms with Crippen molar-refractivity contribution in [2.24, 2.45) is 0 Å². The van der Waals surface area contributed by atoms with Crippen LogP contribution >= 0.6 is 0 Å². The quantitative estimate of drug-likeness (QED) is 0.147. The van der Waals surface area contributed by atoms with Crippen LogP contribution in [0.15, 0.2) is 91.0 Å².